The Morgan fingerprint density at radius 3 is 2.71 bits per heavy atom. The molecule has 0 heterocycles. The smallest absolute Gasteiger partial charge is 0.0546 e. The monoisotopic (exact) mass is 194 g/mol. The van der Waals surface area contributed by atoms with Crippen molar-refractivity contribution >= 4 is 0 Å². The van der Waals surface area contributed by atoms with E-state index < -0.39 is 0 Å². The molecule has 1 nitrogen and oxygen atoms in total. The Hall–Kier alpha value is -0.560. The first kappa shape index (κ1) is 11.5. The van der Waals surface area contributed by atoms with Crippen LogP contribution in [0.5, 0.6) is 0 Å². The van der Waals surface area contributed by atoms with Gasteiger partial charge in [0.05, 0.1) is 6.10 Å². The van der Waals surface area contributed by atoms with E-state index in [9.17, 15) is 5.11 Å². The van der Waals surface area contributed by atoms with Gasteiger partial charge in [-0.3, -0.25) is 0 Å². The van der Waals surface area contributed by atoms with Crippen LogP contribution in [0.4, 0.5) is 0 Å². The van der Waals surface area contributed by atoms with E-state index in [2.05, 4.69) is 32.9 Å². The molecule has 0 saturated carbocycles. The van der Waals surface area contributed by atoms with Gasteiger partial charge >= 0.3 is 0 Å². The highest BCUT2D eigenvalue weighted by molar-refractivity contribution is 5.36. The van der Waals surface area contributed by atoms with Gasteiger partial charge in [-0.15, -0.1) is 0 Å². The van der Waals surface area contributed by atoms with E-state index in [1.165, 1.54) is 24.0 Å². The van der Waals surface area contributed by atoms with Crippen LogP contribution < -0.4 is 0 Å². The molecule has 1 atom stereocenters. The summed E-state index contributed by atoms with van der Waals surface area (Å²) in [5, 5.41) is 9.28. The van der Waals surface area contributed by atoms with E-state index in [0.717, 1.165) is 6.42 Å². The fraction of sp³-hybridized carbons (Fsp3) is 0.692. The van der Waals surface area contributed by atoms with Crippen molar-refractivity contribution in [1.82, 2.24) is 0 Å². The molecule has 1 aliphatic carbocycles. The van der Waals surface area contributed by atoms with E-state index in [0.29, 0.717) is 0 Å². The van der Waals surface area contributed by atoms with Gasteiger partial charge in [0.25, 0.3) is 0 Å². The van der Waals surface area contributed by atoms with E-state index in [1.54, 1.807) is 0 Å². The number of aliphatic hydroxyl groups excluding tert-OH is 1. The molecule has 0 saturated heterocycles. The second-order valence-corrected chi connectivity index (χ2v) is 5.01. The van der Waals surface area contributed by atoms with Crippen molar-refractivity contribution < 1.29 is 5.11 Å². The molecule has 0 unspecified atom stereocenters. The van der Waals surface area contributed by atoms with Crippen molar-refractivity contribution in [3.8, 4) is 0 Å². The molecule has 0 radical (unpaired) electrons. The van der Waals surface area contributed by atoms with Crippen LogP contribution in [0.1, 0.15) is 47.0 Å². The first-order valence-corrected chi connectivity index (χ1v) is 5.49. The summed E-state index contributed by atoms with van der Waals surface area (Å²) in [5.74, 6) is 0. The Kier molecular flexibility index (Phi) is 3.54. The Bertz CT molecular complexity index is 256. The lowest BCUT2D eigenvalue weighted by atomic mass is 9.73. The van der Waals surface area contributed by atoms with Crippen LogP contribution in [0, 0.1) is 5.41 Å². The Labute approximate surface area is 87.5 Å². The summed E-state index contributed by atoms with van der Waals surface area (Å²) in [7, 11) is 0. The summed E-state index contributed by atoms with van der Waals surface area (Å²) in [6.45, 7) is 8.59. The van der Waals surface area contributed by atoms with Crippen LogP contribution in [-0.2, 0) is 0 Å². The molecule has 0 spiro atoms. The minimum Gasteiger partial charge on any atom is -0.393 e. The topological polar surface area (TPSA) is 20.2 Å². The first-order valence-electron chi connectivity index (χ1n) is 5.49. The molecule has 0 aromatic rings. The van der Waals surface area contributed by atoms with Gasteiger partial charge in [0, 0.05) is 0 Å². The molecule has 80 valence electrons. The third-order valence-electron chi connectivity index (χ3n) is 3.04. The highest BCUT2D eigenvalue weighted by Gasteiger charge is 2.26. The fourth-order valence-electron chi connectivity index (χ4n) is 2.15. The van der Waals surface area contributed by atoms with E-state index in [-0.39, 0.29) is 11.5 Å². The van der Waals surface area contributed by atoms with Crippen molar-refractivity contribution in [2.24, 2.45) is 5.41 Å². The molecule has 1 heteroatoms. The van der Waals surface area contributed by atoms with Gasteiger partial charge in [-0.2, -0.15) is 0 Å². The summed E-state index contributed by atoms with van der Waals surface area (Å²) in [6.07, 6.45) is 7.45. The van der Waals surface area contributed by atoms with Crippen molar-refractivity contribution in [2.75, 3.05) is 0 Å². The third-order valence-corrected chi connectivity index (χ3v) is 3.04. The van der Waals surface area contributed by atoms with Gasteiger partial charge in [-0.1, -0.05) is 31.6 Å². The summed E-state index contributed by atoms with van der Waals surface area (Å²) in [6, 6.07) is 0. The molecule has 0 fully saturated rings. The molecule has 1 N–H and O–H groups in total. The number of rotatable bonds is 2. The molecule has 0 aromatic carbocycles. The highest BCUT2D eigenvalue weighted by Crippen LogP contribution is 2.40. The Balaban J connectivity index is 2.85. The molecule has 1 aliphatic rings. The SMILES string of the molecule is CC1=CCCC(C)(C)/C1=C\C[C@H](C)O. The van der Waals surface area contributed by atoms with Gasteiger partial charge in [-0.25, -0.2) is 0 Å². The second-order valence-electron chi connectivity index (χ2n) is 5.01. The highest BCUT2D eigenvalue weighted by atomic mass is 16.3. The number of hydrogen-bond donors (Lipinski definition) is 1. The van der Waals surface area contributed by atoms with E-state index >= 15 is 0 Å². The Morgan fingerprint density at radius 2 is 2.21 bits per heavy atom. The fourth-order valence-corrected chi connectivity index (χ4v) is 2.15. The molecule has 1 rings (SSSR count). The molecule has 0 aromatic heterocycles. The maximum absolute atomic E-state index is 9.28. The lowest BCUT2D eigenvalue weighted by Crippen LogP contribution is -2.19. The average Bonchev–Trinajstić information content (AvgIpc) is 2.01. The van der Waals surface area contributed by atoms with Crippen molar-refractivity contribution in [1.29, 1.82) is 0 Å². The quantitative estimate of drug-likeness (QED) is 0.714. The van der Waals surface area contributed by atoms with Crippen molar-refractivity contribution in [2.45, 2.75) is 53.1 Å². The van der Waals surface area contributed by atoms with Gasteiger partial charge < -0.3 is 5.11 Å². The van der Waals surface area contributed by atoms with Crippen LogP contribution in [0.2, 0.25) is 0 Å². The number of hydrogen-bond acceptors (Lipinski definition) is 1. The largest absolute Gasteiger partial charge is 0.393 e. The van der Waals surface area contributed by atoms with Crippen LogP contribution in [-0.4, -0.2) is 11.2 Å². The van der Waals surface area contributed by atoms with Gasteiger partial charge in [0.2, 0.25) is 0 Å². The molecule has 14 heavy (non-hydrogen) atoms. The zero-order valence-electron chi connectivity index (χ0n) is 9.80. The van der Waals surface area contributed by atoms with Crippen LogP contribution in [0.25, 0.3) is 0 Å². The van der Waals surface area contributed by atoms with Crippen LogP contribution >= 0.6 is 0 Å². The molecular weight excluding hydrogens is 172 g/mol. The zero-order chi connectivity index (χ0) is 10.8. The first-order chi connectivity index (χ1) is 6.43. The minimum absolute atomic E-state index is 0.229. The standard InChI is InChI=1S/C13H22O/c1-10-6-5-9-13(3,4)12(10)8-7-11(2)14/h6,8,11,14H,5,7,9H2,1-4H3/b12-8-/t11-/m0/s1. The van der Waals surface area contributed by atoms with Gasteiger partial charge in [-0.05, 0) is 44.1 Å². The predicted molar refractivity (Wildman–Crippen MR) is 61.2 cm³/mol. The molecular formula is C13H22O. The average molecular weight is 194 g/mol. The summed E-state index contributed by atoms with van der Waals surface area (Å²) in [4.78, 5) is 0. The van der Waals surface area contributed by atoms with Crippen LogP contribution in [0.15, 0.2) is 23.3 Å². The minimum atomic E-state index is -0.229. The van der Waals surface area contributed by atoms with E-state index in [1.807, 2.05) is 6.92 Å². The van der Waals surface area contributed by atoms with Crippen molar-refractivity contribution in [3.63, 3.8) is 0 Å². The lowest BCUT2D eigenvalue weighted by Gasteiger charge is -2.32. The van der Waals surface area contributed by atoms with Crippen LogP contribution in [0.3, 0.4) is 0 Å². The van der Waals surface area contributed by atoms with Crippen molar-refractivity contribution in [3.05, 3.63) is 23.3 Å². The van der Waals surface area contributed by atoms with Gasteiger partial charge in [0.1, 0.15) is 0 Å². The summed E-state index contributed by atoms with van der Waals surface area (Å²) in [5.41, 5.74) is 3.10. The second kappa shape index (κ2) is 4.31. The molecule has 0 amide bonds. The number of aliphatic hydroxyl groups is 1. The number of allylic oxidation sites excluding steroid dienone is 3. The third kappa shape index (κ3) is 2.71. The normalized spacial score (nSPS) is 26.1. The zero-order valence-corrected chi connectivity index (χ0v) is 9.80. The lowest BCUT2D eigenvalue weighted by molar-refractivity contribution is 0.197. The molecule has 0 bridgehead atoms. The predicted octanol–water partition coefficient (Wildman–Crippen LogP) is 3.45. The maximum atomic E-state index is 9.28. The summed E-state index contributed by atoms with van der Waals surface area (Å²) < 4.78 is 0. The summed E-state index contributed by atoms with van der Waals surface area (Å²) >= 11 is 0. The van der Waals surface area contributed by atoms with Gasteiger partial charge in [0.15, 0.2) is 0 Å². The van der Waals surface area contributed by atoms with E-state index in [4.69, 9.17) is 0 Å². The molecule has 0 aliphatic heterocycles. The maximum Gasteiger partial charge on any atom is 0.0546 e. The Morgan fingerprint density at radius 1 is 1.57 bits per heavy atom.